The van der Waals surface area contributed by atoms with Crippen molar-refractivity contribution in [3.63, 3.8) is 0 Å². The van der Waals surface area contributed by atoms with E-state index in [4.69, 9.17) is 4.74 Å². The van der Waals surface area contributed by atoms with Gasteiger partial charge in [-0.2, -0.15) is 0 Å². The van der Waals surface area contributed by atoms with Gasteiger partial charge in [0.15, 0.2) is 0 Å². The molecule has 80 valence electrons. The number of carbonyl (C=O) groups is 1. The van der Waals surface area contributed by atoms with E-state index in [2.05, 4.69) is 22.6 Å². The number of rotatable bonds is 2. The van der Waals surface area contributed by atoms with Crippen molar-refractivity contribution in [2.45, 2.75) is 19.4 Å². The first-order chi connectivity index (χ1) is 7.15. The molecule has 0 aliphatic carbocycles. The third-order valence-corrected chi connectivity index (χ3v) is 4.53. The fourth-order valence-corrected chi connectivity index (χ4v) is 2.39. The van der Waals surface area contributed by atoms with E-state index in [0.29, 0.717) is 0 Å². The maximum atomic E-state index is 11.7. The second kappa shape index (κ2) is 4.12. The van der Waals surface area contributed by atoms with Crippen LogP contribution >= 0.6 is 22.6 Å². The molecule has 2 nitrogen and oxygen atoms in total. The van der Waals surface area contributed by atoms with Crippen molar-refractivity contribution >= 4 is 28.6 Å². The lowest BCUT2D eigenvalue weighted by atomic mass is 9.88. The molecule has 0 amide bonds. The molecule has 1 fully saturated rings. The molecule has 1 heterocycles. The number of halogens is 1. The van der Waals surface area contributed by atoms with Gasteiger partial charge in [0.25, 0.3) is 0 Å². The van der Waals surface area contributed by atoms with Gasteiger partial charge in [0.05, 0.1) is 5.41 Å². The number of cyclic esters (lactones) is 1. The third kappa shape index (κ3) is 2.02. The zero-order chi connectivity index (χ0) is 10.9. The molecular formula is C12H13IO2. The normalized spacial score (nSPS) is 30.3. The summed E-state index contributed by atoms with van der Waals surface area (Å²) in [7, 11) is 0. The molecular weight excluding hydrogens is 303 g/mol. The highest BCUT2D eigenvalue weighted by atomic mass is 127. The molecule has 0 bridgehead atoms. The second-order valence-electron chi connectivity index (χ2n) is 4.20. The molecule has 3 heteroatoms. The van der Waals surface area contributed by atoms with E-state index in [1.165, 1.54) is 0 Å². The van der Waals surface area contributed by atoms with E-state index in [1.54, 1.807) is 0 Å². The van der Waals surface area contributed by atoms with Gasteiger partial charge in [0, 0.05) is 10.8 Å². The molecule has 0 saturated carbocycles. The molecule has 1 aliphatic rings. The van der Waals surface area contributed by atoms with Crippen LogP contribution in [0.2, 0.25) is 0 Å². The fourth-order valence-electron chi connectivity index (χ4n) is 1.77. The monoisotopic (exact) mass is 316 g/mol. The van der Waals surface area contributed by atoms with E-state index in [9.17, 15) is 4.79 Å². The Morgan fingerprint density at radius 1 is 1.47 bits per heavy atom. The molecule has 15 heavy (non-hydrogen) atoms. The first-order valence-electron chi connectivity index (χ1n) is 4.98. The molecule has 0 radical (unpaired) electrons. The quantitative estimate of drug-likeness (QED) is 0.476. The van der Waals surface area contributed by atoms with Crippen LogP contribution in [-0.4, -0.2) is 10.4 Å². The Hall–Kier alpha value is -0.580. The first-order valence-corrected chi connectivity index (χ1v) is 6.50. The molecule has 0 N–H and O–H groups in total. The fraction of sp³-hybridized carbons (Fsp3) is 0.417. The number of hydrogen-bond donors (Lipinski definition) is 0. The number of esters is 1. The number of ether oxygens (including phenoxy) is 1. The van der Waals surface area contributed by atoms with E-state index < -0.39 is 0 Å². The van der Waals surface area contributed by atoms with Gasteiger partial charge in [-0.05, 0) is 12.5 Å². The van der Waals surface area contributed by atoms with Crippen molar-refractivity contribution in [3.8, 4) is 0 Å². The van der Waals surface area contributed by atoms with Crippen molar-refractivity contribution < 1.29 is 9.53 Å². The molecule has 0 spiro atoms. The van der Waals surface area contributed by atoms with Crippen molar-refractivity contribution in [1.82, 2.24) is 0 Å². The third-order valence-electron chi connectivity index (χ3n) is 2.84. The number of hydrogen-bond acceptors (Lipinski definition) is 2. The molecule has 2 rings (SSSR count). The number of benzene rings is 1. The summed E-state index contributed by atoms with van der Waals surface area (Å²) >= 11 is 2.25. The van der Waals surface area contributed by atoms with Gasteiger partial charge in [0.2, 0.25) is 0 Å². The van der Waals surface area contributed by atoms with E-state index >= 15 is 0 Å². The summed E-state index contributed by atoms with van der Waals surface area (Å²) < 4.78 is 6.22. The summed E-state index contributed by atoms with van der Waals surface area (Å²) in [6.45, 7) is 1.98. The molecule has 0 unspecified atom stereocenters. The molecule has 0 aromatic heterocycles. The van der Waals surface area contributed by atoms with Gasteiger partial charge in [-0.1, -0.05) is 52.9 Å². The molecule has 1 aromatic carbocycles. The Balaban J connectivity index is 2.20. The molecule has 1 aromatic rings. The van der Waals surface area contributed by atoms with Crippen molar-refractivity contribution in [2.24, 2.45) is 5.41 Å². The van der Waals surface area contributed by atoms with Gasteiger partial charge in [-0.3, -0.25) is 4.79 Å². The number of carbonyl (C=O) groups excluding carboxylic acids is 1. The van der Waals surface area contributed by atoms with Crippen LogP contribution in [0.3, 0.4) is 0 Å². The minimum atomic E-state index is -0.304. The SMILES string of the molecule is C[C@]1(CI)C[C@H](c2ccccc2)OC1=O. The van der Waals surface area contributed by atoms with Crippen LogP contribution in [0.15, 0.2) is 30.3 Å². The Kier molecular flexibility index (Phi) is 3.00. The lowest BCUT2D eigenvalue weighted by Gasteiger charge is -2.14. The molecule has 2 atom stereocenters. The number of alkyl halides is 1. The minimum absolute atomic E-state index is 0.0570. The van der Waals surface area contributed by atoms with Crippen LogP contribution in [-0.2, 0) is 9.53 Å². The topological polar surface area (TPSA) is 26.3 Å². The summed E-state index contributed by atoms with van der Waals surface area (Å²) in [5, 5.41) is 0. The zero-order valence-corrected chi connectivity index (χ0v) is 10.7. The average Bonchev–Trinajstić information content (AvgIpc) is 2.58. The Morgan fingerprint density at radius 2 is 2.13 bits per heavy atom. The summed E-state index contributed by atoms with van der Waals surface area (Å²) in [6.07, 6.45) is 0.733. The standard InChI is InChI=1S/C12H13IO2/c1-12(8-13)7-10(15-11(12)14)9-5-3-2-4-6-9/h2-6,10H,7-8H2,1H3/t10-,12-/m1/s1. The summed E-state index contributed by atoms with van der Waals surface area (Å²) in [5.74, 6) is -0.0641. The van der Waals surface area contributed by atoms with Gasteiger partial charge in [0.1, 0.15) is 6.10 Å². The predicted molar refractivity (Wildman–Crippen MR) is 66.9 cm³/mol. The zero-order valence-electron chi connectivity index (χ0n) is 8.57. The summed E-state index contributed by atoms with van der Waals surface area (Å²) in [4.78, 5) is 11.7. The van der Waals surface area contributed by atoms with Crippen LogP contribution in [0, 0.1) is 5.41 Å². The summed E-state index contributed by atoms with van der Waals surface area (Å²) in [6, 6.07) is 9.94. The molecule has 1 saturated heterocycles. The van der Waals surface area contributed by atoms with E-state index in [-0.39, 0.29) is 17.5 Å². The smallest absolute Gasteiger partial charge is 0.313 e. The first kappa shape index (κ1) is 10.9. The van der Waals surface area contributed by atoms with Gasteiger partial charge >= 0.3 is 5.97 Å². The van der Waals surface area contributed by atoms with Crippen LogP contribution in [0.5, 0.6) is 0 Å². The maximum Gasteiger partial charge on any atom is 0.313 e. The Morgan fingerprint density at radius 3 is 2.67 bits per heavy atom. The molecule has 1 aliphatic heterocycles. The minimum Gasteiger partial charge on any atom is -0.457 e. The highest BCUT2D eigenvalue weighted by molar-refractivity contribution is 14.1. The Labute approximate surface area is 103 Å². The van der Waals surface area contributed by atoms with Crippen LogP contribution in [0.1, 0.15) is 25.0 Å². The van der Waals surface area contributed by atoms with Gasteiger partial charge in [-0.15, -0.1) is 0 Å². The van der Waals surface area contributed by atoms with Crippen molar-refractivity contribution in [2.75, 3.05) is 4.43 Å². The largest absolute Gasteiger partial charge is 0.457 e. The van der Waals surface area contributed by atoms with Gasteiger partial charge < -0.3 is 4.74 Å². The average molecular weight is 316 g/mol. The van der Waals surface area contributed by atoms with Crippen LogP contribution < -0.4 is 0 Å². The lowest BCUT2D eigenvalue weighted by Crippen LogP contribution is -2.23. The van der Waals surface area contributed by atoms with Gasteiger partial charge in [-0.25, -0.2) is 0 Å². The van der Waals surface area contributed by atoms with Crippen molar-refractivity contribution in [1.29, 1.82) is 0 Å². The highest BCUT2D eigenvalue weighted by Crippen LogP contribution is 2.42. The van der Waals surface area contributed by atoms with E-state index in [1.807, 2.05) is 37.3 Å². The van der Waals surface area contributed by atoms with Crippen LogP contribution in [0.25, 0.3) is 0 Å². The maximum absolute atomic E-state index is 11.7. The van der Waals surface area contributed by atoms with Crippen molar-refractivity contribution in [3.05, 3.63) is 35.9 Å². The van der Waals surface area contributed by atoms with E-state index in [0.717, 1.165) is 16.4 Å². The van der Waals surface area contributed by atoms with Crippen LogP contribution in [0.4, 0.5) is 0 Å². The predicted octanol–water partition coefficient (Wildman–Crippen LogP) is 3.12. The second-order valence-corrected chi connectivity index (χ2v) is 4.97. The summed E-state index contributed by atoms with van der Waals surface area (Å²) in [5.41, 5.74) is 0.792. The lowest BCUT2D eigenvalue weighted by molar-refractivity contribution is -0.147. The Bertz CT molecular complexity index is 363. The highest BCUT2D eigenvalue weighted by Gasteiger charge is 2.44.